The van der Waals surface area contributed by atoms with Crippen LogP contribution in [-0.2, 0) is 31.8 Å². The summed E-state index contributed by atoms with van der Waals surface area (Å²) in [5, 5.41) is 0. The first kappa shape index (κ1) is 16.5. The lowest BCUT2D eigenvalue weighted by Crippen LogP contribution is -2.51. The van der Waals surface area contributed by atoms with E-state index in [2.05, 4.69) is 20.0 Å². The largest absolute Gasteiger partial charge is 0.448 e. The van der Waals surface area contributed by atoms with E-state index in [9.17, 15) is 4.79 Å². The third-order valence-corrected chi connectivity index (χ3v) is 5.39. The smallest absolute Gasteiger partial charge is 0.350 e. The molecule has 2 aliphatic heterocycles. The zero-order valence-electron chi connectivity index (χ0n) is 13.5. The fraction of sp³-hybridized carbons (Fsp3) is 0.294. The highest BCUT2D eigenvalue weighted by Crippen LogP contribution is 2.35. The van der Waals surface area contributed by atoms with E-state index in [1.807, 2.05) is 42.6 Å². The van der Waals surface area contributed by atoms with Gasteiger partial charge in [0.1, 0.15) is 0 Å². The lowest BCUT2D eigenvalue weighted by molar-refractivity contribution is -1.06. The van der Waals surface area contributed by atoms with Gasteiger partial charge in [-0.15, -0.1) is 13.9 Å². The SMILES string of the molecule is NOOSc1ccc(CC[N+]23CC(=O)OC2[n+]2ccccc2C3)cc1. The minimum absolute atomic E-state index is 0.127. The van der Waals surface area contributed by atoms with Gasteiger partial charge in [0, 0.05) is 23.4 Å². The minimum atomic E-state index is -0.242. The first-order chi connectivity index (χ1) is 12.2. The monoisotopic (exact) mass is 361 g/mol. The molecule has 1 saturated heterocycles. The Morgan fingerprint density at radius 3 is 2.88 bits per heavy atom. The number of pyridine rings is 1. The molecule has 2 aliphatic rings. The Balaban J connectivity index is 1.47. The standard InChI is InChI=1S/C17H19N3O4S/c18-23-24-25-15-6-4-13(5-7-15)8-10-20-11-14-3-1-2-9-19(14)17(20)22-16(21)12-20/h1-7,9,17H,8,10-12,18H2/q+2. The van der Waals surface area contributed by atoms with Crippen LogP contribution in [-0.4, -0.2) is 23.5 Å². The normalized spacial score (nSPS) is 24.0. The number of benzene rings is 1. The molecule has 0 amide bonds. The zero-order valence-corrected chi connectivity index (χ0v) is 14.4. The number of carbonyl (C=O) groups excluding carboxylic acids is 1. The number of rotatable bonds is 6. The van der Waals surface area contributed by atoms with Gasteiger partial charge in [0.25, 0.3) is 0 Å². The van der Waals surface area contributed by atoms with E-state index in [0.29, 0.717) is 11.0 Å². The van der Waals surface area contributed by atoms with Crippen LogP contribution in [0.2, 0.25) is 0 Å². The van der Waals surface area contributed by atoms with Crippen LogP contribution in [0.3, 0.4) is 0 Å². The van der Waals surface area contributed by atoms with Crippen molar-refractivity contribution in [1.29, 1.82) is 0 Å². The molecular weight excluding hydrogens is 342 g/mol. The van der Waals surface area contributed by atoms with E-state index >= 15 is 0 Å². The third kappa shape index (κ3) is 3.14. The zero-order chi connectivity index (χ0) is 17.3. The lowest BCUT2D eigenvalue weighted by atomic mass is 10.1. The highest BCUT2D eigenvalue weighted by atomic mass is 32.2. The highest BCUT2D eigenvalue weighted by molar-refractivity contribution is 7.94. The minimum Gasteiger partial charge on any atom is -0.350 e. The molecule has 2 N–H and O–H groups in total. The van der Waals surface area contributed by atoms with E-state index < -0.39 is 0 Å². The summed E-state index contributed by atoms with van der Waals surface area (Å²) in [6.07, 6.45) is 2.61. The summed E-state index contributed by atoms with van der Waals surface area (Å²) in [5.41, 5.74) is 2.40. The predicted molar refractivity (Wildman–Crippen MR) is 87.8 cm³/mol. The summed E-state index contributed by atoms with van der Waals surface area (Å²) in [4.78, 5) is 16.9. The van der Waals surface area contributed by atoms with Gasteiger partial charge in [-0.3, -0.25) is 0 Å². The topological polar surface area (TPSA) is 74.7 Å². The molecule has 0 radical (unpaired) electrons. The first-order valence-corrected chi connectivity index (χ1v) is 8.78. The molecule has 8 heteroatoms. The molecule has 4 rings (SSSR count). The van der Waals surface area contributed by atoms with Crippen molar-refractivity contribution in [2.24, 2.45) is 5.90 Å². The van der Waals surface area contributed by atoms with Crippen molar-refractivity contribution in [3.05, 3.63) is 59.9 Å². The Hall–Kier alpha value is -1.97. The summed E-state index contributed by atoms with van der Waals surface area (Å²) in [5.74, 6) is 4.71. The van der Waals surface area contributed by atoms with Crippen LogP contribution < -0.4 is 10.5 Å². The second-order valence-electron chi connectivity index (χ2n) is 6.32. The van der Waals surface area contributed by atoms with Crippen molar-refractivity contribution in [1.82, 2.24) is 0 Å². The van der Waals surface area contributed by atoms with Gasteiger partial charge in [0.2, 0.25) is 5.69 Å². The van der Waals surface area contributed by atoms with Gasteiger partial charge in [0.15, 0.2) is 19.3 Å². The molecule has 1 aromatic heterocycles. The summed E-state index contributed by atoms with van der Waals surface area (Å²) < 4.78 is 13.0. The molecule has 7 nitrogen and oxygen atoms in total. The number of hydrogen-bond donors (Lipinski definition) is 1. The van der Waals surface area contributed by atoms with Crippen molar-refractivity contribution in [2.45, 2.75) is 24.2 Å². The van der Waals surface area contributed by atoms with Gasteiger partial charge >= 0.3 is 12.3 Å². The van der Waals surface area contributed by atoms with Gasteiger partial charge in [-0.25, -0.2) is 9.28 Å². The number of aromatic nitrogens is 1. The molecule has 0 aliphatic carbocycles. The van der Waals surface area contributed by atoms with Crippen LogP contribution in [0.15, 0.2) is 53.6 Å². The number of quaternary nitrogens is 1. The number of nitrogens with zero attached hydrogens (tertiary/aromatic N) is 2. The Morgan fingerprint density at radius 2 is 2.08 bits per heavy atom. The summed E-state index contributed by atoms with van der Waals surface area (Å²) in [6, 6.07) is 14.1. The van der Waals surface area contributed by atoms with E-state index in [1.165, 1.54) is 11.3 Å². The van der Waals surface area contributed by atoms with Crippen molar-refractivity contribution >= 4 is 18.0 Å². The molecule has 0 bridgehead atoms. The molecule has 1 fully saturated rings. The average Bonchev–Trinajstić information content (AvgIpc) is 3.10. The molecule has 0 spiro atoms. The van der Waals surface area contributed by atoms with Crippen LogP contribution in [0.1, 0.15) is 17.6 Å². The van der Waals surface area contributed by atoms with Crippen LogP contribution >= 0.6 is 12.0 Å². The predicted octanol–water partition coefficient (Wildman–Crippen LogP) is 1.39. The molecular formula is C17H19N3O4S+2. The molecule has 2 unspecified atom stereocenters. The number of nitrogens with two attached hydrogens (primary N) is 1. The fourth-order valence-electron chi connectivity index (χ4n) is 3.61. The Morgan fingerprint density at radius 1 is 1.24 bits per heavy atom. The van der Waals surface area contributed by atoms with Crippen LogP contribution in [0.4, 0.5) is 0 Å². The van der Waals surface area contributed by atoms with E-state index in [-0.39, 0.29) is 12.3 Å². The number of carbonyl (C=O) groups is 1. The number of fused-ring (bicyclic) bond motifs is 3. The van der Waals surface area contributed by atoms with Gasteiger partial charge in [-0.1, -0.05) is 12.1 Å². The summed E-state index contributed by atoms with van der Waals surface area (Å²) in [7, 11) is 0. The second kappa shape index (κ2) is 6.74. The number of ether oxygens (including phenoxy) is 1. The van der Waals surface area contributed by atoms with Crippen molar-refractivity contribution in [3.8, 4) is 0 Å². The number of esters is 1. The van der Waals surface area contributed by atoms with Crippen LogP contribution in [0, 0.1) is 0 Å². The molecule has 2 atom stereocenters. The van der Waals surface area contributed by atoms with Crippen molar-refractivity contribution in [3.63, 3.8) is 0 Å². The van der Waals surface area contributed by atoms with E-state index in [4.69, 9.17) is 10.6 Å². The van der Waals surface area contributed by atoms with Gasteiger partial charge in [-0.05, 0) is 23.8 Å². The van der Waals surface area contributed by atoms with Gasteiger partial charge in [0.05, 0.1) is 18.6 Å². The fourth-order valence-corrected chi connectivity index (χ4v) is 3.98. The maximum Gasteiger partial charge on any atom is 0.448 e. The number of hydrogen-bond acceptors (Lipinski definition) is 6. The Bertz CT molecular complexity index is 786. The van der Waals surface area contributed by atoms with Gasteiger partial charge < -0.3 is 4.74 Å². The first-order valence-electron chi connectivity index (χ1n) is 8.03. The molecule has 1 aromatic carbocycles. The van der Waals surface area contributed by atoms with E-state index in [0.717, 1.165) is 36.4 Å². The molecule has 2 aromatic rings. The van der Waals surface area contributed by atoms with Crippen molar-refractivity contribution in [2.75, 3.05) is 13.1 Å². The van der Waals surface area contributed by atoms with Gasteiger partial charge in [-0.2, -0.15) is 5.90 Å². The molecule has 25 heavy (non-hydrogen) atoms. The van der Waals surface area contributed by atoms with Crippen LogP contribution in [0.5, 0.6) is 0 Å². The lowest BCUT2D eigenvalue weighted by Gasteiger charge is -2.25. The van der Waals surface area contributed by atoms with Crippen molar-refractivity contribution < 1.29 is 27.9 Å². The second-order valence-corrected chi connectivity index (χ2v) is 7.09. The molecule has 3 heterocycles. The maximum absolute atomic E-state index is 11.9. The molecule has 0 saturated carbocycles. The third-order valence-electron chi connectivity index (χ3n) is 4.78. The summed E-state index contributed by atoms with van der Waals surface area (Å²) in [6.45, 7) is 2.07. The maximum atomic E-state index is 11.9. The molecule has 130 valence electrons. The van der Waals surface area contributed by atoms with E-state index in [1.54, 1.807) is 0 Å². The average molecular weight is 361 g/mol. The quantitative estimate of drug-likeness (QED) is 0.209. The summed E-state index contributed by atoms with van der Waals surface area (Å²) >= 11 is 1.06. The highest BCUT2D eigenvalue weighted by Gasteiger charge is 2.60. The van der Waals surface area contributed by atoms with Crippen LogP contribution in [0.25, 0.3) is 0 Å². The Labute approximate surface area is 149 Å². The Kier molecular flexibility index (Phi) is 4.45.